The maximum atomic E-state index is 5.92. The first kappa shape index (κ1) is 14.5. The van der Waals surface area contributed by atoms with Crippen molar-refractivity contribution < 1.29 is 0 Å². The van der Waals surface area contributed by atoms with Gasteiger partial charge >= 0.3 is 0 Å². The van der Waals surface area contributed by atoms with Gasteiger partial charge in [0.05, 0.1) is 0 Å². The van der Waals surface area contributed by atoms with Crippen molar-refractivity contribution in [2.45, 2.75) is 38.8 Å². The van der Waals surface area contributed by atoms with E-state index in [1.54, 1.807) is 0 Å². The van der Waals surface area contributed by atoms with E-state index in [1.165, 1.54) is 31.3 Å². The van der Waals surface area contributed by atoms with Gasteiger partial charge in [-0.05, 0) is 62.1 Å². The Labute approximate surface area is 129 Å². The maximum Gasteiger partial charge on any atom is 0.0355 e. The summed E-state index contributed by atoms with van der Waals surface area (Å²) >= 11 is 1.85. The third-order valence-corrected chi connectivity index (χ3v) is 4.87. The monoisotopic (exact) mass is 298 g/mol. The van der Waals surface area contributed by atoms with E-state index in [9.17, 15) is 0 Å². The number of rotatable bonds is 4. The molecule has 0 radical (unpaired) electrons. The SMILES string of the molecule is CC(N)Cc1ccc2sc3ccc(CC(C)N)cc3c2c1. The van der Waals surface area contributed by atoms with Crippen LogP contribution in [-0.2, 0) is 12.8 Å². The molecule has 0 spiro atoms. The second-order valence-electron chi connectivity index (χ2n) is 6.13. The summed E-state index contributed by atoms with van der Waals surface area (Å²) in [5.74, 6) is 0. The van der Waals surface area contributed by atoms with Crippen molar-refractivity contribution in [1.82, 2.24) is 0 Å². The van der Waals surface area contributed by atoms with Crippen LogP contribution in [0.15, 0.2) is 36.4 Å². The summed E-state index contributed by atoms with van der Waals surface area (Å²) in [6.45, 7) is 4.10. The Morgan fingerprint density at radius 3 is 1.62 bits per heavy atom. The van der Waals surface area contributed by atoms with Crippen LogP contribution in [0.3, 0.4) is 0 Å². The molecule has 0 saturated heterocycles. The summed E-state index contributed by atoms with van der Waals surface area (Å²) in [5.41, 5.74) is 14.5. The molecule has 0 saturated carbocycles. The van der Waals surface area contributed by atoms with E-state index in [4.69, 9.17) is 11.5 Å². The molecule has 0 fully saturated rings. The molecule has 1 heterocycles. The highest BCUT2D eigenvalue weighted by Gasteiger charge is 2.08. The van der Waals surface area contributed by atoms with E-state index in [-0.39, 0.29) is 12.1 Å². The lowest BCUT2D eigenvalue weighted by Gasteiger charge is -2.06. The molecular formula is C18H22N2S. The van der Waals surface area contributed by atoms with Crippen molar-refractivity contribution in [3.05, 3.63) is 47.5 Å². The zero-order valence-electron chi connectivity index (χ0n) is 12.6. The Balaban J connectivity index is 2.11. The van der Waals surface area contributed by atoms with Crippen LogP contribution in [0.5, 0.6) is 0 Å². The van der Waals surface area contributed by atoms with E-state index in [2.05, 4.69) is 50.2 Å². The third kappa shape index (κ3) is 3.10. The van der Waals surface area contributed by atoms with Crippen molar-refractivity contribution in [2.75, 3.05) is 0 Å². The Morgan fingerprint density at radius 1 is 0.810 bits per heavy atom. The van der Waals surface area contributed by atoms with Crippen LogP contribution in [0.4, 0.5) is 0 Å². The molecule has 2 nitrogen and oxygen atoms in total. The molecule has 3 aromatic rings. The van der Waals surface area contributed by atoms with Gasteiger partial charge in [-0.25, -0.2) is 0 Å². The molecule has 2 aromatic carbocycles. The zero-order chi connectivity index (χ0) is 15.0. The van der Waals surface area contributed by atoms with Gasteiger partial charge in [0.2, 0.25) is 0 Å². The first-order chi connectivity index (χ1) is 10.0. The average molecular weight is 298 g/mol. The minimum absolute atomic E-state index is 0.195. The number of thiophene rings is 1. The Hall–Kier alpha value is -1.42. The molecule has 3 rings (SSSR count). The third-order valence-electron chi connectivity index (χ3n) is 3.71. The van der Waals surface area contributed by atoms with Crippen molar-refractivity contribution in [2.24, 2.45) is 11.5 Å². The van der Waals surface area contributed by atoms with Crippen molar-refractivity contribution in [3.63, 3.8) is 0 Å². The summed E-state index contributed by atoms with van der Waals surface area (Å²) in [5, 5.41) is 2.69. The highest BCUT2D eigenvalue weighted by molar-refractivity contribution is 7.25. The summed E-state index contributed by atoms with van der Waals surface area (Å²) in [4.78, 5) is 0. The van der Waals surface area contributed by atoms with Gasteiger partial charge in [-0.3, -0.25) is 0 Å². The van der Waals surface area contributed by atoms with Gasteiger partial charge in [-0.15, -0.1) is 11.3 Å². The molecule has 3 heteroatoms. The molecule has 0 bridgehead atoms. The number of benzene rings is 2. The van der Waals surface area contributed by atoms with E-state index >= 15 is 0 Å². The fourth-order valence-corrected chi connectivity index (χ4v) is 3.94. The van der Waals surface area contributed by atoms with Gasteiger partial charge in [-0.2, -0.15) is 0 Å². The molecule has 4 N–H and O–H groups in total. The van der Waals surface area contributed by atoms with E-state index in [0.717, 1.165) is 12.8 Å². The van der Waals surface area contributed by atoms with E-state index < -0.39 is 0 Å². The summed E-state index contributed by atoms with van der Waals surface area (Å²) < 4.78 is 2.69. The van der Waals surface area contributed by atoms with Crippen molar-refractivity contribution in [3.8, 4) is 0 Å². The van der Waals surface area contributed by atoms with E-state index in [0.29, 0.717) is 0 Å². The molecule has 110 valence electrons. The van der Waals surface area contributed by atoms with Crippen LogP contribution in [-0.4, -0.2) is 12.1 Å². The smallest absolute Gasteiger partial charge is 0.0355 e. The standard InChI is InChI=1S/C18H22N2S/c1-11(19)7-13-3-5-17-15(9-13)16-10-14(8-12(2)20)4-6-18(16)21-17/h3-6,9-12H,7-8,19-20H2,1-2H3. The molecule has 0 amide bonds. The quantitative estimate of drug-likeness (QED) is 0.769. The molecule has 2 atom stereocenters. The lowest BCUT2D eigenvalue weighted by Crippen LogP contribution is -2.17. The van der Waals surface area contributed by atoms with Crippen LogP contribution in [0, 0.1) is 0 Å². The average Bonchev–Trinajstić information content (AvgIpc) is 2.75. The predicted molar refractivity (Wildman–Crippen MR) is 94.0 cm³/mol. The molecule has 21 heavy (non-hydrogen) atoms. The molecule has 0 aliphatic carbocycles. The van der Waals surface area contributed by atoms with Crippen LogP contribution in [0.2, 0.25) is 0 Å². The maximum absolute atomic E-state index is 5.92. The fraction of sp³-hybridized carbons (Fsp3) is 0.333. The van der Waals surface area contributed by atoms with Crippen molar-refractivity contribution in [1.29, 1.82) is 0 Å². The molecule has 1 aromatic heterocycles. The van der Waals surface area contributed by atoms with Crippen LogP contribution >= 0.6 is 11.3 Å². The highest BCUT2D eigenvalue weighted by Crippen LogP contribution is 2.35. The Kier molecular flexibility index (Phi) is 3.98. The Morgan fingerprint density at radius 2 is 1.24 bits per heavy atom. The second-order valence-corrected chi connectivity index (χ2v) is 7.21. The van der Waals surface area contributed by atoms with E-state index in [1.807, 2.05) is 11.3 Å². The van der Waals surface area contributed by atoms with Crippen molar-refractivity contribution >= 4 is 31.5 Å². The lowest BCUT2D eigenvalue weighted by atomic mass is 10.0. The van der Waals surface area contributed by atoms with Gasteiger partial charge in [0, 0.05) is 32.3 Å². The number of nitrogens with two attached hydrogens (primary N) is 2. The normalized spacial score (nSPS) is 14.7. The summed E-state index contributed by atoms with van der Waals surface area (Å²) in [6.07, 6.45) is 1.85. The number of hydrogen-bond donors (Lipinski definition) is 2. The zero-order valence-corrected chi connectivity index (χ0v) is 13.4. The van der Waals surface area contributed by atoms with Crippen LogP contribution in [0.1, 0.15) is 25.0 Å². The molecular weight excluding hydrogens is 276 g/mol. The summed E-state index contributed by atoms with van der Waals surface area (Å²) in [7, 11) is 0. The van der Waals surface area contributed by atoms with Crippen LogP contribution < -0.4 is 11.5 Å². The highest BCUT2D eigenvalue weighted by atomic mass is 32.1. The minimum Gasteiger partial charge on any atom is -0.328 e. The summed E-state index contributed by atoms with van der Waals surface area (Å²) in [6, 6.07) is 13.8. The first-order valence-corrected chi connectivity index (χ1v) is 8.30. The van der Waals surface area contributed by atoms with Gasteiger partial charge in [0.25, 0.3) is 0 Å². The minimum atomic E-state index is 0.195. The topological polar surface area (TPSA) is 52.0 Å². The number of hydrogen-bond acceptors (Lipinski definition) is 3. The van der Waals surface area contributed by atoms with Gasteiger partial charge in [0.15, 0.2) is 0 Å². The molecule has 0 aliphatic heterocycles. The van der Waals surface area contributed by atoms with Gasteiger partial charge in [0.1, 0.15) is 0 Å². The predicted octanol–water partition coefficient (Wildman–Crippen LogP) is 3.83. The largest absolute Gasteiger partial charge is 0.328 e. The van der Waals surface area contributed by atoms with Gasteiger partial charge < -0.3 is 11.5 Å². The molecule has 2 unspecified atom stereocenters. The number of fused-ring (bicyclic) bond motifs is 3. The second kappa shape index (κ2) is 5.76. The first-order valence-electron chi connectivity index (χ1n) is 7.48. The Bertz CT molecular complexity index is 707. The lowest BCUT2D eigenvalue weighted by molar-refractivity contribution is 0.738. The van der Waals surface area contributed by atoms with Gasteiger partial charge in [-0.1, -0.05) is 12.1 Å². The molecule has 0 aliphatic rings. The fourth-order valence-electron chi connectivity index (χ4n) is 2.87. The van der Waals surface area contributed by atoms with Crippen LogP contribution in [0.25, 0.3) is 20.2 Å².